The molecule has 0 unspecified atom stereocenters. The predicted octanol–water partition coefficient (Wildman–Crippen LogP) is 3.07. The summed E-state index contributed by atoms with van der Waals surface area (Å²) in [7, 11) is 2.28. The van der Waals surface area contributed by atoms with Crippen LogP contribution in [0.25, 0.3) is 0 Å². The molecule has 2 rings (SSSR count). The molecular weight excluding hydrogens is 246 g/mol. The number of nitrogens with one attached hydrogen (secondary N) is 1. The molecule has 1 aromatic rings. The highest BCUT2D eigenvalue weighted by Gasteiger charge is 2.22. The first-order valence-corrected chi connectivity index (χ1v) is 8.10. The van der Waals surface area contributed by atoms with E-state index in [4.69, 9.17) is 0 Å². The second-order valence-electron chi connectivity index (χ2n) is 6.06. The second-order valence-corrected chi connectivity index (χ2v) is 6.06. The minimum Gasteiger partial charge on any atom is -0.310 e. The molecular formula is C17H29N3. The number of hydrogen-bond acceptors (Lipinski definition) is 3. The molecule has 1 aliphatic carbocycles. The molecule has 0 saturated heterocycles. The van der Waals surface area contributed by atoms with Crippen LogP contribution in [0.3, 0.4) is 0 Å². The van der Waals surface area contributed by atoms with E-state index in [0.29, 0.717) is 0 Å². The Balaban J connectivity index is 1.59. The van der Waals surface area contributed by atoms with Gasteiger partial charge in [-0.05, 0) is 50.8 Å². The molecule has 0 aliphatic heterocycles. The third-order valence-corrected chi connectivity index (χ3v) is 4.69. The summed E-state index contributed by atoms with van der Waals surface area (Å²) in [5, 5.41) is 3.49. The van der Waals surface area contributed by atoms with Crippen molar-refractivity contribution in [2.75, 3.05) is 20.1 Å². The summed E-state index contributed by atoms with van der Waals surface area (Å²) in [5.41, 5.74) is 1.12. The summed E-state index contributed by atoms with van der Waals surface area (Å²) >= 11 is 0. The molecule has 0 amide bonds. The van der Waals surface area contributed by atoms with E-state index < -0.39 is 0 Å². The number of nitrogens with zero attached hydrogens (tertiary/aromatic N) is 2. The quantitative estimate of drug-likeness (QED) is 0.775. The van der Waals surface area contributed by atoms with E-state index in [9.17, 15) is 0 Å². The van der Waals surface area contributed by atoms with E-state index in [1.54, 1.807) is 0 Å². The SMILES string of the molecule is CCC1CCC(N(C)CCNCc2ccccn2)CC1. The van der Waals surface area contributed by atoms with E-state index in [1.165, 1.54) is 32.1 Å². The summed E-state index contributed by atoms with van der Waals surface area (Å²) < 4.78 is 0. The Hall–Kier alpha value is -0.930. The van der Waals surface area contributed by atoms with Gasteiger partial charge >= 0.3 is 0 Å². The van der Waals surface area contributed by atoms with Crippen molar-refractivity contribution in [3.63, 3.8) is 0 Å². The maximum Gasteiger partial charge on any atom is 0.0541 e. The zero-order valence-electron chi connectivity index (χ0n) is 13.0. The first-order valence-electron chi connectivity index (χ1n) is 8.10. The van der Waals surface area contributed by atoms with Gasteiger partial charge < -0.3 is 10.2 Å². The minimum atomic E-state index is 0.800. The molecule has 0 bridgehead atoms. The van der Waals surface area contributed by atoms with E-state index in [0.717, 1.165) is 37.3 Å². The lowest BCUT2D eigenvalue weighted by Gasteiger charge is -2.34. The summed E-state index contributed by atoms with van der Waals surface area (Å²) in [6.07, 6.45) is 8.83. The van der Waals surface area contributed by atoms with Crippen molar-refractivity contribution >= 4 is 0 Å². The van der Waals surface area contributed by atoms with Crippen LogP contribution in [0.5, 0.6) is 0 Å². The van der Waals surface area contributed by atoms with Crippen molar-refractivity contribution in [3.05, 3.63) is 30.1 Å². The van der Waals surface area contributed by atoms with Crippen molar-refractivity contribution in [2.45, 2.75) is 51.6 Å². The van der Waals surface area contributed by atoms with Gasteiger partial charge in [0.1, 0.15) is 0 Å². The van der Waals surface area contributed by atoms with Crippen LogP contribution in [0.2, 0.25) is 0 Å². The van der Waals surface area contributed by atoms with Crippen molar-refractivity contribution < 1.29 is 0 Å². The molecule has 1 aromatic heterocycles. The van der Waals surface area contributed by atoms with Crippen LogP contribution < -0.4 is 5.32 Å². The molecule has 3 heteroatoms. The molecule has 3 nitrogen and oxygen atoms in total. The third kappa shape index (κ3) is 4.88. The molecule has 0 spiro atoms. The van der Waals surface area contributed by atoms with E-state index in [-0.39, 0.29) is 0 Å². The van der Waals surface area contributed by atoms with Crippen LogP contribution in [0.1, 0.15) is 44.7 Å². The highest BCUT2D eigenvalue weighted by atomic mass is 15.1. The average Bonchev–Trinajstić information content (AvgIpc) is 2.52. The third-order valence-electron chi connectivity index (χ3n) is 4.69. The standard InChI is InChI=1S/C17H29N3/c1-3-15-7-9-17(10-8-15)20(2)13-12-18-14-16-6-4-5-11-19-16/h4-6,11,15,17-18H,3,7-10,12-14H2,1-2H3. The van der Waals surface area contributed by atoms with Crippen molar-refractivity contribution in [1.29, 1.82) is 0 Å². The Bertz CT molecular complexity index is 358. The maximum atomic E-state index is 4.33. The Morgan fingerprint density at radius 2 is 2.05 bits per heavy atom. The molecule has 1 saturated carbocycles. The zero-order chi connectivity index (χ0) is 14.2. The Kier molecular flexibility index (Phi) is 6.48. The number of aromatic nitrogens is 1. The highest BCUT2D eigenvalue weighted by Crippen LogP contribution is 2.28. The van der Waals surface area contributed by atoms with Gasteiger partial charge in [-0.25, -0.2) is 0 Å². The minimum absolute atomic E-state index is 0.800. The van der Waals surface area contributed by atoms with Gasteiger partial charge in [0, 0.05) is 31.9 Å². The van der Waals surface area contributed by atoms with E-state index >= 15 is 0 Å². The van der Waals surface area contributed by atoms with Crippen LogP contribution in [0.15, 0.2) is 24.4 Å². The van der Waals surface area contributed by atoms with E-state index in [2.05, 4.69) is 35.2 Å². The summed E-state index contributed by atoms with van der Waals surface area (Å²) in [4.78, 5) is 6.87. The Morgan fingerprint density at radius 3 is 2.70 bits per heavy atom. The molecule has 1 N–H and O–H groups in total. The monoisotopic (exact) mass is 275 g/mol. The normalized spacial score (nSPS) is 23.1. The fourth-order valence-corrected chi connectivity index (χ4v) is 3.15. The molecule has 1 heterocycles. The fourth-order valence-electron chi connectivity index (χ4n) is 3.15. The topological polar surface area (TPSA) is 28.2 Å². The van der Waals surface area contributed by atoms with Gasteiger partial charge in [-0.2, -0.15) is 0 Å². The summed E-state index contributed by atoms with van der Waals surface area (Å²) in [6, 6.07) is 6.88. The Morgan fingerprint density at radius 1 is 1.25 bits per heavy atom. The van der Waals surface area contributed by atoms with Gasteiger partial charge in [0.2, 0.25) is 0 Å². The Labute approximate surface area is 123 Å². The summed E-state index contributed by atoms with van der Waals surface area (Å²) in [5.74, 6) is 0.988. The van der Waals surface area contributed by atoms with Crippen molar-refractivity contribution in [2.24, 2.45) is 5.92 Å². The molecule has 112 valence electrons. The van der Waals surface area contributed by atoms with Gasteiger partial charge in [-0.15, -0.1) is 0 Å². The molecule has 0 atom stereocenters. The van der Waals surface area contributed by atoms with Crippen LogP contribution in [-0.4, -0.2) is 36.1 Å². The second kappa shape index (κ2) is 8.38. The molecule has 1 aliphatic rings. The molecule has 1 fully saturated rings. The number of pyridine rings is 1. The molecule has 0 radical (unpaired) electrons. The smallest absolute Gasteiger partial charge is 0.0541 e. The molecule has 20 heavy (non-hydrogen) atoms. The number of likely N-dealkylation sites (N-methyl/N-ethyl adjacent to an activating group) is 1. The van der Waals surface area contributed by atoms with Crippen LogP contribution >= 0.6 is 0 Å². The lowest BCUT2D eigenvalue weighted by molar-refractivity contribution is 0.164. The summed E-state index contributed by atoms with van der Waals surface area (Å²) in [6.45, 7) is 5.38. The fraction of sp³-hybridized carbons (Fsp3) is 0.706. The zero-order valence-corrected chi connectivity index (χ0v) is 13.0. The van der Waals surface area contributed by atoms with Crippen LogP contribution in [0.4, 0.5) is 0 Å². The van der Waals surface area contributed by atoms with Crippen molar-refractivity contribution in [1.82, 2.24) is 15.2 Å². The lowest BCUT2D eigenvalue weighted by Crippen LogP contribution is -2.39. The van der Waals surface area contributed by atoms with Gasteiger partial charge in [0.25, 0.3) is 0 Å². The maximum absolute atomic E-state index is 4.33. The van der Waals surface area contributed by atoms with E-state index in [1.807, 2.05) is 18.3 Å². The predicted molar refractivity (Wildman–Crippen MR) is 84.6 cm³/mol. The van der Waals surface area contributed by atoms with Crippen LogP contribution in [-0.2, 0) is 6.54 Å². The highest BCUT2D eigenvalue weighted by molar-refractivity contribution is 5.02. The largest absolute Gasteiger partial charge is 0.310 e. The van der Waals surface area contributed by atoms with Gasteiger partial charge in [-0.1, -0.05) is 19.4 Å². The number of hydrogen-bond donors (Lipinski definition) is 1. The van der Waals surface area contributed by atoms with Gasteiger partial charge in [0.15, 0.2) is 0 Å². The lowest BCUT2D eigenvalue weighted by atomic mass is 9.84. The first-order chi connectivity index (χ1) is 9.79. The van der Waals surface area contributed by atoms with Crippen LogP contribution in [0, 0.1) is 5.92 Å². The van der Waals surface area contributed by atoms with Gasteiger partial charge in [-0.3, -0.25) is 4.98 Å². The average molecular weight is 275 g/mol. The van der Waals surface area contributed by atoms with Crippen molar-refractivity contribution in [3.8, 4) is 0 Å². The van der Waals surface area contributed by atoms with Gasteiger partial charge in [0.05, 0.1) is 5.69 Å². The number of rotatable bonds is 7. The molecule has 0 aromatic carbocycles. The first kappa shape index (κ1) is 15.5.